The SMILES string of the molecule is CNC(=O)c1cc(N2CCN(C(C)CN)CC2)ccn1. The molecule has 3 N–H and O–H groups in total. The smallest absolute Gasteiger partial charge is 0.269 e. The second kappa shape index (κ2) is 6.67. The number of nitrogens with one attached hydrogen (secondary N) is 1. The first kappa shape index (κ1) is 14.7. The van der Waals surface area contributed by atoms with Crippen molar-refractivity contribution in [3.8, 4) is 0 Å². The van der Waals surface area contributed by atoms with Gasteiger partial charge >= 0.3 is 0 Å². The molecule has 6 heteroatoms. The Morgan fingerprint density at radius 3 is 2.75 bits per heavy atom. The lowest BCUT2D eigenvalue weighted by Crippen LogP contribution is -2.51. The van der Waals surface area contributed by atoms with E-state index in [0.29, 0.717) is 18.3 Å². The molecule has 0 radical (unpaired) electrons. The number of pyridine rings is 1. The summed E-state index contributed by atoms with van der Waals surface area (Å²) in [4.78, 5) is 20.4. The molecule has 0 bridgehead atoms. The molecular formula is C14H23N5O. The predicted molar refractivity (Wildman–Crippen MR) is 79.9 cm³/mol. The highest BCUT2D eigenvalue weighted by atomic mass is 16.1. The quantitative estimate of drug-likeness (QED) is 0.804. The van der Waals surface area contributed by atoms with Gasteiger partial charge in [0.05, 0.1) is 0 Å². The maximum absolute atomic E-state index is 11.6. The molecule has 110 valence electrons. The minimum atomic E-state index is -0.151. The average molecular weight is 277 g/mol. The van der Waals surface area contributed by atoms with Gasteiger partial charge in [-0.25, -0.2) is 0 Å². The van der Waals surface area contributed by atoms with Crippen LogP contribution in [0.3, 0.4) is 0 Å². The second-order valence-corrected chi connectivity index (χ2v) is 5.09. The van der Waals surface area contributed by atoms with Gasteiger partial charge in [-0.2, -0.15) is 0 Å². The molecule has 2 heterocycles. The third-order valence-corrected chi connectivity index (χ3v) is 3.85. The Hall–Kier alpha value is -1.66. The number of carbonyl (C=O) groups is 1. The maximum Gasteiger partial charge on any atom is 0.269 e. The topological polar surface area (TPSA) is 74.5 Å². The lowest BCUT2D eigenvalue weighted by molar-refractivity contribution is 0.0958. The van der Waals surface area contributed by atoms with Crippen LogP contribution >= 0.6 is 0 Å². The lowest BCUT2D eigenvalue weighted by Gasteiger charge is -2.38. The Balaban J connectivity index is 2.02. The van der Waals surface area contributed by atoms with Crippen molar-refractivity contribution in [2.45, 2.75) is 13.0 Å². The van der Waals surface area contributed by atoms with E-state index < -0.39 is 0 Å². The van der Waals surface area contributed by atoms with Gasteiger partial charge in [0.25, 0.3) is 5.91 Å². The monoisotopic (exact) mass is 277 g/mol. The van der Waals surface area contributed by atoms with Gasteiger partial charge in [0.15, 0.2) is 0 Å². The van der Waals surface area contributed by atoms with Gasteiger partial charge in [-0.3, -0.25) is 14.7 Å². The molecular weight excluding hydrogens is 254 g/mol. The van der Waals surface area contributed by atoms with Gasteiger partial charge in [0.2, 0.25) is 0 Å². The molecule has 20 heavy (non-hydrogen) atoms. The van der Waals surface area contributed by atoms with Crippen molar-refractivity contribution in [2.24, 2.45) is 5.73 Å². The van der Waals surface area contributed by atoms with E-state index in [-0.39, 0.29) is 5.91 Å². The van der Waals surface area contributed by atoms with Crippen LogP contribution in [0.2, 0.25) is 0 Å². The van der Waals surface area contributed by atoms with Crippen molar-refractivity contribution in [3.63, 3.8) is 0 Å². The Kier molecular flexibility index (Phi) is 4.92. The fraction of sp³-hybridized carbons (Fsp3) is 0.571. The number of rotatable bonds is 4. The molecule has 0 saturated carbocycles. The molecule has 1 amide bonds. The number of hydrogen-bond donors (Lipinski definition) is 2. The molecule has 1 aliphatic rings. The van der Waals surface area contributed by atoms with Crippen molar-refractivity contribution >= 4 is 11.6 Å². The number of aromatic nitrogens is 1. The zero-order valence-corrected chi connectivity index (χ0v) is 12.2. The van der Waals surface area contributed by atoms with Gasteiger partial charge in [-0.15, -0.1) is 0 Å². The molecule has 0 aromatic carbocycles. The first-order chi connectivity index (χ1) is 9.65. The highest BCUT2D eigenvalue weighted by Gasteiger charge is 2.21. The Morgan fingerprint density at radius 2 is 2.15 bits per heavy atom. The van der Waals surface area contributed by atoms with Crippen LogP contribution in [0.4, 0.5) is 5.69 Å². The van der Waals surface area contributed by atoms with Crippen LogP contribution in [0.15, 0.2) is 18.3 Å². The molecule has 0 aliphatic carbocycles. The van der Waals surface area contributed by atoms with Crippen LogP contribution in [0, 0.1) is 0 Å². The summed E-state index contributed by atoms with van der Waals surface area (Å²) in [6.07, 6.45) is 1.69. The van der Waals surface area contributed by atoms with E-state index in [4.69, 9.17) is 5.73 Å². The number of anilines is 1. The molecule has 1 atom stereocenters. The van der Waals surface area contributed by atoms with Crippen molar-refractivity contribution in [2.75, 3.05) is 44.7 Å². The Labute approximate surface area is 120 Å². The van der Waals surface area contributed by atoms with Crippen LogP contribution in [0.1, 0.15) is 17.4 Å². The summed E-state index contributed by atoms with van der Waals surface area (Å²) >= 11 is 0. The predicted octanol–water partition coefficient (Wildman–Crippen LogP) is -0.0896. The number of piperazine rings is 1. The molecule has 6 nitrogen and oxygen atoms in total. The standard InChI is InChI=1S/C14H23N5O/c1-11(10-15)18-5-7-19(8-6-18)12-3-4-17-13(9-12)14(20)16-2/h3-4,9,11H,5-8,10,15H2,1-2H3,(H,16,20). The van der Waals surface area contributed by atoms with Crippen molar-refractivity contribution in [3.05, 3.63) is 24.0 Å². The average Bonchev–Trinajstić information content (AvgIpc) is 2.53. The van der Waals surface area contributed by atoms with E-state index in [0.717, 1.165) is 31.9 Å². The summed E-state index contributed by atoms with van der Waals surface area (Å²) in [6.45, 7) is 6.73. The lowest BCUT2D eigenvalue weighted by atomic mass is 10.2. The number of carbonyl (C=O) groups excluding carboxylic acids is 1. The molecule has 1 aromatic rings. The van der Waals surface area contributed by atoms with E-state index >= 15 is 0 Å². The van der Waals surface area contributed by atoms with E-state index in [1.165, 1.54) is 0 Å². The first-order valence-corrected chi connectivity index (χ1v) is 7.03. The summed E-state index contributed by atoms with van der Waals surface area (Å²) < 4.78 is 0. The van der Waals surface area contributed by atoms with Gasteiger partial charge < -0.3 is 16.0 Å². The van der Waals surface area contributed by atoms with Crippen LogP contribution < -0.4 is 16.0 Å². The van der Waals surface area contributed by atoms with Crippen LogP contribution in [-0.4, -0.2) is 61.6 Å². The van der Waals surface area contributed by atoms with Crippen molar-refractivity contribution < 1.29 is 4.79 Å². The summed E-state index contributed by atoms with van der Waals surface area (Å²) in [7, 11) is 1.61. The molecule has 1 aliphatic heterocycles. The molecule has 1 unspecified atom stereocenters. The second-order valence-electron chi connectivity index (χ2n) is 5.09. The van der Waals surface area contributed by atoms with Crippen molar-refractivity contribution in [1.29, 1.82) is 0 Å². The van der Waals surface area contributed by atoms with E-state index in [1.54, 1.807) is 13.2 Å². The molecule has 1 aromatic heterocycles. The van der Waals surface area contributed by atoms with Gasteiger partial charge in [0, 0.05) is 57.7 Å². The summed E-state index contributed by atoms with van der Waals surface area (Å²) in [5.74, 6) is -0.151. The van der Waals surface area contributed by atoms with E-state index in [2.05, 4.69) is 27.0 Å². The third-order valence-electron chi connectivity index (χ3n) is 3.85. The summed E-state index contributed by atoms with van der Waals surface area (Å²) in [5.41, 5.74) is 7.22. The van der Waals surface area contributed by atoms with E-state index in [1.807, 2.05) is 12.1 Å². The minimum Gasteiger partial charge on any atom is -0.369 e. The Morgan fingerprint density at radius 1 is 1.45 bits per heavy atom. The maximum atomic E-state index is 11.6. The first-order valence-electron chi connectivity index (χ1n) is 7.03. The zero-order valence-electron chi connectivity index (χ0n) is 12.2. The van der Waals surface area contributed by atoms with Gasteiger partial charge in [-0.05, 0) is 19.1 Å². The normalized spacial score (nSPS) is 17.9. The van der Waals surface area contributed by atoms with Crippen molar-refractivity contribution in [1.82, 2.24) is 15.2 Å². The molecule has 0 spiro atoms. The van der Waals surface area contributed by atoms with Crippen LogP contribution in [-0.2, 0) is 0 Å². The van der Waals surface area contributed by atoms with Gasteiger partial charge in [0.1, 0.15) is 5.69 Å². The molecule has 1 fully saturated rings. The van der Waals surface area contributed by atoms with Crippen LogP contribution in [0.25, 0.3) is 0 Å². The number of hydrogen-bond acceptors (Lipinski definition) is 5. The number of nitrogens with two attached hydrogens (primary N) is 1. The minimum absolute atomic E-state index is 0.151. The van der Waals surface area contributed by atoms with Gasteiger partial charge in [-0.1, -0.05) is 0 Å². The fourth-order valence-electron chi connectivity index (χ4n) is 2.44. The summed E-state index contributed by atoms with van der Waals surface area (Å²) in [5, 5.41) is 2.60. The largest absolute Gasteiger partial charge is 0.369 e. The zero-order chi connectivity index (χ0) is 14.5. The number of amides is 1. The Bertz CT molecular complexity index is 457. The van der Waals surface area contributed by atoms with E-state index in [9.17, 15) is 4.79 Å². The fourth-order valence-corrected chi connectivity index (χ4v) is 2.44. The molecule has 1 saturated heterocycles. The highest BCUT2D eigenvalue weighted by molar-refractivity contribution is 5.92. The molecule has 2 rings (SSSR count). The number of nitrogens with zero attached hydrogens (tertiary/aromatic N) is 3. The third kappa shape index (κ3) is 3.26. The highest BCUT2D eigenvalue weighted by Crippen LogP contribution is 2.17. The van der Waals surface area contributed by atoms with Crippen LogP contribution in [0.5, 0.6) is 0 Å². The summed E-state index contributed by atoms with van der Waals surface area (Å²) in [6, 6.07) is 4.23.